The summed E-state index contributed by atoms with van der Waals surface area (Å²) >= 11 is 4.45. The van der Waals surface area contributed by atoms with Crippen LogP contribution in [0.2, 0.25) is 0 Å². The Morgan fingerprint density at radius 2 is 1.74 bits per heavy atom. The molecule has 9 heteroatoms. The van der Waals surface area contributed by atoms with Crippen molar-refractivity contribution in [2.45, 2.75) is 0 Å². The van der Waals surface area contributed by atoms with Crippen LogP contribution < -0.4 is 5.32 Å². The van der Waals surface area contributed by atoms with Gasteiger partial charge in [0.15, 0.2) is 5.17 Å². The quantitative estimate of drug-likeness (QED) is 0.615. The summed E-state index contributed by atoms with van der Waals surface area (Å²) < 4.78 is 0.876. The highest BCUT2D eigenvalue weighted by atomic mass is 79.9. The van der Waals surface area contributed by atoms with Gasteiger partial charge < -0.3 is 15.5 Å². The third-order valence-corrected chi connectivity index (χ3v) is 4.84. The van der Waals surface area contributed by atoms with Crippen molar-refractivity contribution in [3.05, 3.63) is 68.5 Å². The van der Waals surface area contributed by atoms with Gasteiger partial charge in [0, 0.05) is 4.47 Å². The summed E-state index contributed by atoms with van der Waals surface area (Å²) in [6.07, 6.45) is 1.70. The van der Waals surface area contributed by atoms with E-state index in [1.165, 1.54) is 12.1 Å². The molecule has 3 rings (SSSR count). The SMILES string of the molecule is O=C1NC(=Nc2cc(C(=O)O)cc(C(=O)O)c2)S/C1=C\c1cccc(Br)c1. The number of carbonyl (C=O) groups excluding carboxylic acids is 1. The van der Waals surface area contributed by atoms with Crippen LogP contribution in [0.5, 0.6) is 0 Å². The number of hydrogen-bond acceptors (Lipinski definition) is 5. The summed E-state index contributed by atoms with van der Waals surface area (Å²) in [5.41, 5.74) is 0.546. The lowest BCUT2D eigenvalue weighted by molar-refractivity contribution is -0.115. The van der Waals surface area contributed by atoms with Crippen molar-refractivity contribution in [1.82, 2.24) is 5.32 Å². The number of amidine groups is 1. The number of benzene rings is 2. The Balaban J connectivity index is 1.92. The van der Waals surface area contributed by atoms with Crippen molar-refractivity contribution >= 4 is 62.5 Å². The molecule has 0 saturated carbocycles. The summed E-state index contributed by atoms with van der Waals surface area (Å²) in [6, 6.07) is 10.9. The van der Waals surface area contributed by atoms with Crippen LogP contribution in [0.25, 0.3) is 6.08 Å². The van der Waals surface area contributed by atoms with E-state index in [4.69, 9.17) is 10.2 Å². The number of hydrogen-bond donors (Lipinski definition) is 3. The number of rotatable bonds is 4. The van der Waals surface area contributed by atoms with Crippen molar-refractivity contribution in [2.75, 3.05) is 0 Å². The van der Waals surface area contributed by atoms with E-state index in [1.807, 2.05) is 24.3 Å². The fourth-order valence-electron chi connectivity index (χ4n) is 2.27. The minimum atomic E-state index is -1.27. The van der Waals surface area contributed by atoms with Crippen molar-refractivity contribution in [2.24, 2.45) is 4.99 Å². The monoisotopic (exact) mass is 446 g/mol. The average Bonchev–Trinajstić information content (AvgIpc) is 2.93. The second-order valence-electron chi connectivity index (χ2n) is 5.42. The van der Waals surface area contributed by atoms with Crippen LogP contribution >= 0.6 is 27.7 Å². The molecule has 0 aliphatic carbocycles. The van der Waals surface area contributed by atoms with Crippen LogP contribution in [0.1, 0.15) is 26.3 Å². The van der Waals surface area contributed by atoms with Crippen LogP contribution in [0, 0.1) is 0 Å². The van der Waals surface area contributed by atoms with Gasteiger partial charge in [-0.05, 0) is 53.7 Å². The fraction of sp³-hybridized carbons (Fsp3) is 0. The molecule has 2 aromatic carbocycles. The summed E-state index contributed by atoms with van der Waals surface area (Å²) in [7, 11) is 0. The van der Waals surface area contributed by atoms with E-state index in [1.54, 1.807) is 6.08 Å². The highest BCUT2D eigenvalue weighted by molar-refractivity contribution is 9.10. The first-order valence-corrected chi connectivity index (χ1v) is 9.09. The van der Waals surface area contributed by atoms with E-state index in [0.717, 1.165) is 27.9 Å². The molecule has 1 fully saturated rings. The first kappa shape index (κ1) is 18.9. The largest absolute Gasteiger partial charge is 0.478 e. The highest BCUT2D eigenvalue weighted by Crippen LogP contribution is 2.29. The molecule has 0 spiro atoms. The van der Waals surface area contributed by atoms with E-state index >= 15 is 0 Å². The Morgan fingerprint density at radius 1 is 1.07 bits per heavy atom. The Kier molecular flexibility index (Phi) is 5.43. The molecule has 1 saturated heterocycles. The smallest absolute Gasteiger partial charge is 0.335 e. The number of carboxylic acids is 2. The van der Waals surface area contributed by atoms with E-state index in [0.29, 0.717) is 4.91 Å². The third kappa shape index (κ3) is 4.63. The number of nitrogens with one attached hydrogen (secondary N) is 1. The second kappa shape index (κ2) is 7.77. The molecule has 0 aromatic heterocycles. The molecule has 2 aromatic rings. The van der Waals surface area contributed by atoms with Gasteiger partial charge in [-0.3, -0.25) is 4.79 Å². The number of halogens is 1. The minimum Gasteiger partial charge on any atom is -0.478 e. The predicted molar refractivity (Wildman–Crippen MR) is 105 cm³/mol. The fourth-order valence-corrected chi connectivity index (χ4v) is 3.53. The van der Waals surface area contributed by atoms with Gasteiger partial charge in [-0.1, -0.05) is 28.1 Å². The lowest BCUT2D eigenvalue weighted by Gasteiger charge is -2.02. The third-order valence-electron chi connectivity index (χ3n) is 3.44. The Labute approximate surface area is 165 Å². The maximum absolute atomic E-state index is 12.1. The van der Waals surface area contributed by atoms with Crippen molar-refractivity contribution in [3.63, 3.8) is 0 Å². The zero-order chi connectivity index (χ0) is 19.6. The maximum atomic E-state index is 12.1. The number of thioether (sulfide) groups is 1. The van der Waals surface area contributed by atoms with Gasteiger partial charge in [-0.25, -0.2) is 14.6 Å². The normalized spacial score (nSPS) is 16.6. The van der Waals surface area contributed by atoms with Gasteiger partial charge in [0.1, 0.15) is 0 Å². The molecule has 7 nitrogen and oxygen atoms in total. The molecule has 1 heterocycles. The molecule has 1 amide bonds. The molecular formula is C18H11BrN2O5S. The van der Waals surface area contributed by atoms with Gasteiger partial charge >= 0.3 is 11.9 Å². The Morgan fingerprint density at radius 3 is 2.33 bits per heavy atom. The maximum Gasteiger partial charge on any atom is 0.335 e. The molecular weight excluding hydrogens is 436 g/mol. The molecule has 0 radical (unpaired) electrons. The summed E-state index contributed by atoms with van der Waals surface area (Å²) in [5, 5.41) is 21.1. The second-order valence-corrected chi connectivity index (χ2v) is 7.36. The first-order chi connectivity index (χ1) is 12.8. The summed E-state index contributed by atoms with van der Waals surface area (Å²) in [6.45, 7) is 0. The number of amides is 1. The average molecular weight is 447 g/mol. The van der Waals surface area contributed by atoms with E-state index in [9.17, 15) is 14.4 Å². The van der Waals surface area contributed by atoms with Gasteiger partial charge in [-0.15, -0.1) is 0 Å². The molecule has 27 heavy (non-hydrogen) atoms. The number of aliphatic imine (C=N–C) groups is 1. The van der Waals surface area contributed by atoms with Crippen LogP contribution in [-0.4, -0.2) is 33.2 Å². The molecule has 0 bridgehead atoms. The molecule has 136 valence electrons. The molecule has 1 aliphatic heterocycles. The number of carboxylic acid groups (broad SMARTS) is 2. The van der Waals surface area contributed by atoms with Crippen molar-refractivity contribution < 1.29 is 24.6 Å². The zero-order valence-corrected chi connectivity index (χ0v) is 15.9. The van der Waals surface area contributed by atoms with Crippen molar-refractivity contribution in [1.29, 1.82) is 0 Å². The van der Waals surface area contributed by atoms with Crippen LogP contribution in [0.4, 0.5) is 5.69 Å². The molecule has 1 aliphatic rings. The molecule has 3 N–H and O–H groups in total. The van der Waals surface area contributed by atoms with Crippen LogP contribution in [0.15, 0.2) is 56.8 Å². The van der Waals surface area contributed by atoms with Gasteiger partial charge in [0.25, 0.3) is 5.91 Å². The van der Waals surface area contributed by atoms with Crippen LogP contribution in [0.3, 0.4) is 0 Å². The van der Waals surface area contributed by atoms with Gasteiger partial charge in [0.2, 0.25) is 0 Å². The predicted octanol–water partition coefficient (Wildman–Crippen LogP) is 3.74. The Hall–Kier alpha value is -2.91. The van der Waals surface area contributed by atoms with E-state index < -0.39 is 11.9 Å². The number of carbonyl (C=O) groups is 3. The summed E-state index contributed by atoms with van der Waals surface area (Å²) in [5.74, 6) is -2.87. The standard InChI is InChI=1S/C18H11BrN2O5S/c19-12-3-1-2-9(4-12)5-14-15(22)21-18(27-14)20-13-7-10(16(23)24)6-11(8-13)17(25)26/h1-8H,(H,23,24)(H,25,26)(H,20,21,22)/b14-5-. The Bertz CT molecular complexity index is 1000. The number of aromatic carboxylic acids is 2. The topological polar surface area (TPSA) is 116 Å². The van der Waals surface area contributed by atoms with E-state index in [-0.39, 0.29) is 27.9 Å². The number of nitrogens with zero attached hydrogens (tertiary/aromatic N) is 1. The van der Waals surface area contributed by atoms with E-state index in [2.05, 4.69) is 26.2 Å². The van der Waals surface area contributed by atoms with Gasteiger partial charge in [0.05, 0.1) is 21.7 Å². The zero-order valence-electron chi connectivity index (χ0n) is 13.5. The highest BCUT2D eigenvalue weighted by Gasteiger charge is 2.24. The molecule has 0 atom stereocenters. The summed E-state index contributed by atoms with van der Waals surface area (Å²) in [4.78, 5) is 39.1. The lowest BCUT2D eigenvalue weighted by atomic mass is 10.1. The minimum absolute atomic E-state index is 0.124. The van der Waals surface area contributed by atoms with Crippen LogP contribution in [-0.2, 0) is 4.79 Å². The first-order valence-electron chi connectivity index (χ1n) is 7.48. The molecule has 0 unspecified atom stereocenters. The van der Waals surface area contributed by atoms with Gasteiger partial charge in [-0.2, -0.15) is 0 Å². The van der Waals surface area contributed by atoms with Crippen molar-refractivity contribution in [3.8, 4) is 0 Å². The lowest BCUT2D eigenvalue weighted by Crippen LogP contribution is -2.19.